The summed E-state index contributed by atoms with van der Waals surface area (Å²) in [6.45, 7) is 4.86. The van der Waals surface area contributed by atoms with Crippen LogP contribution in [0.15, 0.2) is 24.3 Å². The number of hydrogen-bond acceptors (Lipinski definition) is 1. The number of benzene rings is 1. The van der Waals surface area contributed by atoms with Crippen LogP contribution in [0.2, 0.25) is 0 Å². The van der Waals surface area contributed by atoms with Gasteiger partial charge in [0.1, 0.15) is 5.75 Å². The lowest BCUT2D eigenvalue weighted by Gasteiger charge is -2.12. The van der Waals surface area contributed by atoms with Crippen molar-refractivity contribution in [2.24, 2.45) is 5.92 Å². The molecule has 1 unspecified atom stereocenters. The molecule has 0 radical (unpaired) electrons. The first-order chi connectivity index (χ1) is 6.77. The Hall–Kier alpha value is -0.690. The summed E-state index contributed by atoms with van der Waals surface area (Å²) in [5.41, 5.74) is 1.25. The lowest BCUT2D eigenvalue weighted by atomic mass is 10.0. The standard InChI is InChI=1S/C12H17ClO/c1-3-14-12-7-5-4-6-11(12)8-10(2)9-13/h4-7,10H,3,8-9H2,1-2H3. The monoisotopic (exact) mass is 212 g/mol. The van der Waals surface area contributed by atoms with E-state index >= 15 is 0 Å². The molecule has 78 valence electrons. The highest BCUT2D eigenvalue weighted by atomic mass is 35.5. The van der Waals surface area contributed by atoms with Crippen LogP contribution in [0.3, 0.4) is 0 Å². The van der Waals surface area contributed by atoms with Gasteiger partial charge < -0.3 is 4.74 Å². The van der Waals surface area contributed by atoms with Gasteiger partial charge in [-0.1, -0.05) is 25.1 Å². The third kappa shape index (κ3) is 3.22. The smallest absolute Gasteiger partial charge is 0.122 e. The molecule has 0 fully saturated rings. The Morgan fingerprint density at radius 3 is 2.71 bits per heavy atom. The Balaban J connectivity index is 2.73. The summed E-state index contributed by atoms with van der Waals surface area (Å²) in [4.78, 5) is 0. The number of halogens is 1. The Labute approximate surface area is 91.0 Å². The van der Waals surface area contributed by atoms with E-state index < -0.39 is 0 Å². The second-order valence-corrected chi connectivity index (χ2v) is 3.81. The minimum atomic E-state index is 0.498. The Morgan fingerprint density at radius 1 is 1.36 bits per heavy atom. The summed E-state index contributed by atoms with van der Waals surface area (Å²) in [5, 5.41) is 0. The highest BCUT2D eigenvalue weighted by Gasteiger charge is 2.06. The molecule has 0 N–H and O–H groups in total. The molecule has 0 bridgehead atoms. The molecule has 2 heteroatoms. The largest absolute Gasteiger partial charge is 0.494 e. The highest BCUT2D eigenvalue weighted by Crippen LogP contribution is 2.21. The predicted octanol–water partition coefficient (Wildman–Crippen LogP) is 3.50. The van der Waals surface area contributed by atoms with Crippen molar-refractivity contribution in [3.63, 3.8) is 0 Å². The maximum atomic E-state index is 5.79. The number of hydrogen-bond donors (Lipinski definition) is 0. The zero-order chi connectivity index (χ0) is 10.4. The van der Waals surface area contributed by atoms with Crippen molar-refractivity contribution in [1.82, 2.24) is 0 Å². The fraction of sp³-hybridized carbons (Fsp3) is 0.500. The van der Waals surface area contributed by atoms with Crippen molar-refractivity contribution in [1.29, 1.82) is 0 Å². The number of para-hydroxylation sites is 1. The summed E-state index contributed by atoms with van der Waals surface area (Å²) in [6.07, 6.45) is 0.986. The van der Waals surface area contributed by atoms with E-state index in [0.29, 0.717) is 18.4 Å². The van der Waals surface area contributed by atoms with E-state index in [-0.39, 0.29) is 0 Å². The van der Waals surface area contributed by atoms with Crippen LogP contribution < -0.4 is 4.74 Å². The van der Waals surface area contributed by atoms with Gasteiger partial charge in [0, 0.05) is 5.88 Å². The van der Waals surface area contributed by atoms with Crippen molar-refractivity contribution < 1.29 is 4.74 Å². The first-order valence-electron chi connectivity index (χ1n) is 5.04. The number of rotatable bonds is 5. The average molecular weight is 213 g/mol. The summed E-state index contributed by atoms with van der Waals surface area (Å²) >= 11 is 5.79. The van der Waals surface area contributed by atoms with E-state index in [4.69, 9.17) is 16.3 Å². The molecule has 0 aliphatic carbocycles. The molecule has 1 rings (SSSR count). The van der Waals surface area contributed by atoms with Gasteiger partial charge in [-0.05, 0) is 30.9 Å². The molecule has 14 heavy (non-hydrogen) atoms. The maximum absolute atomic E-state index is 5.79. The first-order valence-corrected chi connectivity index (χ1v) is 5.58. The van der Waals surface area contributed by atoms with Crippen LogP contribution in [0.1, 0.15) is 19.4 Å². The quantitative estimate of drug-likeness (QED) is 0.679. The average Bonchev–Trinajstić information content (AvgIpc) is 2.21. The van der Waals surface area contributed by atoms with Gasteiger partial charge in [-0.2, -0.15) is 0 Å². The van der Waals surface area contributed by atoms with Crippen molar-refractivity contribution in [3.05, 3.63) is 29.8 Å². The van der Waals surface area contributed by atoms with Gasteiger partial charge in [0.15, 0.2) is 0 Å². The molecular formula is C12H17ClO. The molecule has 1 atom stereocenters. The SMILES string of the molecule is CCOc1ccccc1CC(C)CCl. The van der Waals surface area contributed by atoms with Crippen LogP contribution in [0.5, 0.6) is 5.75 Å². The van der Waals surface area contributed by atoms with E-state index in [1.54, 1.807) is 0 Å². The molecule has 1 aromatic rings. The molecule has 1 aromatic carbocycles. The minimum absolute atomic E-state index is 0.498. The van der Waals surface area contributed by atoms with E-state index in [0.717, 1.165) is 12.2 Å². The van der Waals surface area contributed by atoms with Crippen LogP contribution in [0.25, 0.3) is 0 Å². The summed E-state index contributed by atoms with van der Waals surface area (Å²) in [5.74, 6) is 2.19. The van der Waals surface area contributed by atoms with Crippen molar-refractivity contribution >= 4 is 11.6 Å². The van der Waals surface area contributed by atoms with Crippen LogP contribution in [-0.4, -0.2) is 12.5 Å². The zero-order valence-electron chi connectivity index (χ0n) is 8.79. The van der Waals surface area contributed by atoms with Crippen LogP contribution in [-0.2, 0) is 6.42 Å². The minimum Gasteiger partial charge on any atom is -0.494 e. The van der Waals surface area contributed by atoms with Crippen LogP contribution in [0, 0.1) is 5.92 Å². The third-order valence-electron chi connectivity index (χ3n) is 2.10. The molecule has 0 aromatic heterocycles. The highest BCUT2D eigenvalue weighted by molar-refractivity contribution is 6.18. The summed E-state index contributed by atoms with van der Waals surface area (Å²) in [7, 11) is 0. The van der Waals surface area contributed by atoms with Gasteiger partial charge in [0.25, 0.3) is 0 Å². The fourth-order valence-corrected chi connectivity index (χ4v) is 1.51. The molecule has 0 heterocycles. The fourth-order valence-electron chi connectivity index (χ4n) is 1.40. The molecule has 1 nitrogen and oxygen atoms in total. The molecule has 0 amide bonds. The topological polar surface area (TPSA) is 9.23 Å². The molecule has 0 saturated heterocycles. The van der Waals surface area contributed by atoms with E-state index in [9.17, 15) is 0 Å². The van der Waals surface area contributed by atoms with Gasteiger partial charge in [-0.15, -0.1) is 11.6 Å². The lowest BCUT2D eigenvalue weighted by molar-refractivity contribution is 0.335. The molecule has 0 aliphatic heterocycles. The predicted molar refractivity (Wildman–Crippen MR) is 61.2 cm³/mol. The summed E-state index contributed by atoms with van der Waals surface area (Å²) < 4.78 is 5.54. The van der Waals surface area contributed by atoms with Crippen LogP contribution in [0.4, 0.5) is 0 Å². The molecular weight excluding hydrogens is 196 g/mol. The van der Waals surface area contributed by atoms with E-state index in [1.807, 2.05) is 25.1 Å². The van der Waals surface area contributed by atoms with Gasteiger partial charge in [-0.25, -0.2) is 0 Å². The summed E-state index contributed by atoms with van der Waals surface area (Å²) in [6, 6.07) is 8.16. The van der Waals surface area contributed by atoms with Crippen molar-refractivity contribution in [3.8, 4) is 5.75 Å². The maximum Gasteiger partial charge on any atom is 0.122 e. The van der Waals surface area contributed by atoms with Gasteiger partial charge >= 0.3 is 0 Å². The first kappa shape index (κ1) is 11.4. The second-order valence-electron chi connectivity index (χ2n) is 3.50. The van der Waals surface area contributed by atoms with Gasteiger partial charge in [-0.3, -0.25) is 0 Å². The molecule has 0 spiro atoms. The van der Waals surface area contributed by atoms with Crippen LogP contribution >= 0.6 is 11.6 Å². The van der Waals surface area contributed by atoms with Crippen molar-refractivity contribution in [2.75, 3.05) is 12.5 Å². The molecule has 0 saturated carbocycles. The van der Waals surface area contributed by atoms with Crippen molar-refractivity contribution in [2.45, 2.75) is 20.3 Å². The Bertz CT molecular complexity index is 273. The van der Waals surface area contributed by atoms with E-state index in [1.165, 1.54) is 5.56 Å². The lowest BCUT2D eigenvalue weighted by Crippen LogP contribution is -2.03. The molecule has 0 aliphatic rings. The normalized spacial score (nSPS) is 12.5. The Kier molecular flexibility index (Phi) is 4.81. The zero-order valence-corrected chi connectivity index (χ0v) is 9.55. The van der Waals surface area contributed by atoms with E-state index in [2.05, 4.69) is 13.0 Å². The second kappa shape index (κ2) is 5.92. The van der Waals surface area contributed by atoms with Gasteiger partial charge in [0.2, 0.25) is 0 Å². The van der Waals surface area contributed by atoms with Gasteiger partial charge in [0.05, 0.1) is 6.61 Å². The number of ether oxygens (including phenoxy) is 1. The number of alkyl halides is 1. The Morgan fingerprint density at radius 2 is 2.07 bits per heavy atom. The third-order valence-corrected chi connectivity index (χ3v) is 2.63.